The van der Waals surface area contributed by atoms with Crippen LogP contribution in [0.2, 0.25) is 0 Å². The zero-order valence-corrected chi connectivity index (χ0v) is 17.2. The van der Waals surface area contributed by atoms with E-state index in [2.05, 4.69) is 5.32 Å². The Morgan fingerprint density at radius 2 is 1.62 bits per heavy atom. The summed E-state index contributed by atoms with van der Waals surface area (Å²) in [6, 6.07) is 17.9. The van der Waals surface area contributed by atoms with Gasteiger partial charge < -0.3 is 14.8 Å². The fraction of sp³-hybridized carbons (Fsp3) is 0.120. The topological polar surface area (TPSA) is 98.8 Å². The minimum absolute atomic E-state index is 0.0805. The Hall–Kier alpha value is -4.26. The molecule has 0 spiro atoms. The summed E-state index contributed by atoms with van der Waals surface area (Å²) in [6.45, 7) is 1.32. The Labute approximate surface area is 184 Å². The number of rotatable bonds is 6. The first-order valence-electron chi connectivity index (χ1n) is 9.90. The summed E-state index contributed by atoms with van der Waals surface area (Å²) in [6.07, 6.45) is 0. The maximum Gasteiger partial charge on any atom is 0.339 e. The second kappa shape index (κ2) is 8.85. The van der Waals surface area contributed by atoms with E-state index in [4.69, 9.17) is 9.47 Å². The molecule has 0 radical (unpaired) electrons. The van der Waals surface area contributed by atoms with Crippen LogP contribution in [-0.2, 0) is 9.53 Å². The molecule has 0 saturated carbocycles. The number of ether oxygens (including phenoxy) is 2. The summed E-state index contributed by atoms with van der Waals surface area (Å²) in [7, 11) is 0. The molecule has 0 atom stereocenters. The van der Waals surface area contributed by atoms with Crippen molar-refractivity contribution in [1.82, 2.24) is 0 Å². The van der Waals surface area contributed by atoms with Gasteiger partial charge in [-0.2, -0.15) is 0 Å². The molecule has 3 aromatic rings. The van der Waals surface area contributed by atoms with Gasteiger partial charge in [0.15, 0.2) is 24.8 Å². The van der Waals surface area contributed by atoms with Gasteiger partial charge in [0.05, 0.1) is 11.3 Å². The van der Waals surface area contributed by atoms with Gasteiger partial charge in [-0.15, -0.1) is 0 Å². The molecule has 0 aromatic heterocycles. The maximum absolute atomic E-state index is 12.9. The molecule has 1 heterocycles. The summed E-state index contributed by atoms with van der Waals surface area (Å²) in [4.78, 5) is 49.5. The van der Waals surface area contributed by atoms with Crippen molar-refractivity contribution in [1.29, 1.82) is 0 Å². The molecular formula is C25H19NO6. The molecule has 0 bridgehead atoms. The quantitative estimate of drug-likeness (QED) is 0.475. The number of amides is 1. The normalized spacial score (nSPS) is 12.2. The fourth-order valence-corrected chi connectivity index (χ4v) is 3.27. The van der Waals surface area contributed by atoms with Gasteiger partial charge in [-0.1, -0.05) is 48.0 Å². The highest BCUT2D eigenvalue weighted by molar-refractivity contribution is 6.14. The molecule has 1 amide bonds. The monoisotopic (exact) mass is 429 g/mol. The number of carbonyl (C=O) groups excluding carboxylic acids is 4. The third-order valence-corrected chi connectivity index (χ3v) is 4.97. The third kappa shape index (κ3) is 4.41. The van der Waals surface area contributed by atoms with Crippen LogP contribution in [0.3, 0.4) is 0 Å². The summed E-state index contributed by atoms with van der Waals surface area (Å²) >= 11 is 0. The number of carbonyl (C=O) groups is 4. The van der Waals surface area contributed by atoms with Crippen molar-refractivity contribution in [2.75, 3.05) is 18.5 Å². The van der Waals surface area contributed by atoms with Crippen LogP contribution >= 0.6 is 0 Å². The average molecular weight is 429 g/mol. The summed E-state index contributed by atoms with van der Waals surface area (Å²) in [5.41, 5.74) is 2.38. The molecule has 7 heteroatoms. The fourth-order valence-electron chi connectivity index (χ4n) is 3.27. The van der Waals surface area contributed by atoms with E-state index in [1.54, 1.807) is 36.4 Å². The Kier molecular flexibility index (Phi) is 5.81. The first-order chi connectivity index (χ1) is 15.4. The SMILES string of the molecule is Cc1ccc(C(=O)c2ccccc2C(=O)OCC(=O)c2ccc3c(c2)NC(=O)CO3)cc1. The molecule has 0 aliphatic carbocycles. The van der Waals surface area contributed by atoms with Crippen LogP contribution in [0, 0.1) is 6.92 Å². The van der Waals surface area contributed by atoms with Crippen molar-refractivity contribution < 1.29 is 28.7 Å². The Balaban J connectivity index is 1.47. The summed E-state index contributed by atoms with van der Waals surface area (Å²) in [5.74, 6) is -1.40. The molecular weight excluding hydrogens is 410 g/mol. The molecule has 0 saturated heterocycles. The lowest BCUT2D eigenvalue weighted by Gasteiger charge is -2.18. The number of aryl methyl sites for hydroxylation is 1. The van der Waals surface area contributed by atoms with Gasteiger partial charge in [0, 0.05) is 16.7 Å². The van der Waals surface area contributed by atoms with Crippen molar-refractivity contribution in [3.05, 3.63) is 94.5 Å². The number of esters is 1. The number of hydrogen-bond donors (Lipinski definition) is 1. The Morgan fingerprint density at radius 1 is 0.938 bits per heavy atom. The van der Waals surface area contributed by atoms with Gasteiger partial charge in [0.25, 0.3) is 5.91 Å². The van der Waals surface area contributed by atoms with Crippen LogP contribution in [0.5, 0.6) is 5.75 Å². The van der Waals surface area contributed by atoms with Gasteiger partial charge in [0.2, 0.25) is 0 Å². The second-order valence-electron chi connectivity index (χ2n) is 7.29. The molecule has 32 heavy (non-hydrogen) atoms. The van der Waals surface area contributed by atoms with Gasteiger partial charge >= 0.3 is 5.97 Å². The lowest BCUT2D eigenvalue weighted by Crippen LogP contribution is -2.25. The number of fused-ring (bicyclic) bond motifs is 1. The van der Waals surface area contributed by atoms with E-state index in [0.29, 0.717) is 17.0 Å². The lowest BCUT2D eigenvalue weighted by molar-refractivity contribution is -0.118. The highest BCUT2D eigenvalue weighted by Gasteiger charge is 2.21. The number of ketones is 2. The molecule has 1 aliphatic heterocycles. The van der Waals surface area contributed by atoms with Gasteiger partial charge in [-0.05, 0) is 31.2 Å². The van der Waals surface area contributed by atoms with E-state index in [9.17, 15) is 19.2 Å². The van der Waals surface area contributed by atoms with Crippen LogP contribution in [0.1, 0.15) is 42.2 Å². The zero-order valence-electron chi connectivity index (χ0n) is 17.2. The smallest absolute Gasteiger partial charge is 0.339 e. The number of nitrogens with one attached hydrogen (secondary N) is 1. The second-order valence-corrected chi connectivity index (χ2v) is 7.29. The van der Waals surface area contributed by atoms with Crippen molar-refractivity contribution in [2.45, 2.75) is 6.92 Å². The van der Waals surface area contributed by atoms with E-state index in [-0.39, 0.29) is 35.0 Å². The first kappa shape index (κ1) is 21.0. The van der Waals surface area contributed by atoms with Crippen molar-refractivity contribution in [2.24, 2.45) is 0 Å². The summed E-state index contributed by atoms with van der Waals surface area (Å²) < 4.78 is 10.5. The third-order valence-electron chi connectivity index (χ3n) is 4.97. The lowest BCUT2D eigenvalue weighted by atomic mass is 9.98. The van der Waals surface area contributed by atoms with Gasteiger partial charge in [0.1, 0.15) is 5.75 Å². The maximum atomic E-state index is 12.9. The molecule has 0 fully saturated rings. The zero-order chi connectivity index (χ0) is 22.7. The number of benzene rings is 3. The first-order valence-corrected chi connectivity index (χ1v) is 9.90. The minimum atomic E-state index is -0.774. The van der Waals surface area contributed by atoms with Crippen molar-refractivity contribution in [3.63, 3.8) is 0 Å². The predicted octanol–water partition coefficient (Wildman–Crippen LogP) is 3.60. The van der Waals surface area contributed by atoms with E-state index < -0.39 is 18.4 Å². The van der Waals surface area contributed by atoms with Gasteiger partial charge in [-0.3, -0.25) is 14.4 Å². The Morgan fingerprint density at radius 3 is 2.38 bits per heavy atom. The van der Waals surface area contributed by atoms with E-state index in [1.807, 2.05) is 19.1 Å². The standard InChI is InChI=1S/C25H19NO6/c1-15-6-8-16(9-7-15)24(29)18-4-2-3-5-19(18)25(30)32-13-21(27)17-10-11-22-20(12-17)26-23(28)14-31-22/h2-12H,13-14H2,1H3,(H,26,28). The number of Topliss-reactive ketones (excluding diaryl/α,β-unsaturated/α-hetero) is 1. The van der Waals surface area contributed by atoms with Crippen LogP contribution in [0.15, 0.2) is 66.7 Å². The van der Waals surface area contributed by atoms with Crippen molar-refractivity contribution >= 4 is 29.1 Å². The van der Waals surface area contributed by atoms with Gasteiger partial charge in [-0.25, -0.2) is 4.79 Å². The van der Waals surface area contributed by atoms with Crippen LogP contribution in [-0.4, -0.2) is 36.7 Å². The molecule has 1 N–H and O–H groups in total. The number of hydrogen-bond acceptors (Lipinski definition) is 6. The van der Waals surface area contributed by atoms with Crippen LogP contribution in [0.4, 0.5) is 5.69 Å². The highest BCUT2D eigenvalue weighted by Crippen LogP contribution is 2.28. The van der Waals surface area contributed by atoms with E-state index >= 15 is 0 Å². The summed E-state index contributed by atoms with van der Waals surface area (Å²) in [5, 5.41) is 2.62. The number of anilines is 1. The van der Waals surface area contributed by atoms with Crippen LogP contribution in [0.25, 0.3) is 0 Å². The molecule has 160 valence electrons. The largest absolute Gasteiger partial charge is 0.482 e. The van der Waals surface area contributed by atoms with E-state index in [1.165, 1.54) is 18.2 Å². The van der Waals surface area contributed by atoms with Crippen molar-refractivity contribution in [3.8, 4) is 5.75 Å². The molecule has 0 unspecified atom stereocenters. The minimum Gasteiger partial charge on any atom is -0.482 e. The molecule has 7 nitrogen and oxygen atoms in total. The average Bonchev–Trinajstić information content (AvgIpc) is 2.81. The molecule has 4 rings (SSSR count). The Bertz CT molecular complexity index is 1230. The molecule has 3 aromatic carbocycles. The predicted molar refractivity (Wildman–Crippen MR) is 116 cm³/mol. The van der Waals surface area contributed by atoms with Crippen LogP contribution < -0.4 is 10.1 Å². The van der Waals surface area contributed by atoms with E-state index in [0.717, 1.165) is 5.56 Å². The molecule has 1 aliphatic rings. The highest BCUT2D eigenvalue weighted by atomic mass is 16.5.